The summed E-state index contributed by atoms with van der Waals surface area (Å²) in [5, 5.41) is 15.6. The van der Waals surface area contributed by atoms with Gasteiger partial charge in [-0.05, 0) is 55.4 Å². The van der Waals surface area contributed by atoms with Crippen molar-refractivity contribution in [2.75, 3.05) is 0 Å². The van der Waals surface area contributed by atoms with E-state index in [1.165, 1.54) is 37.0 Å². The average molecular weight is 383 g/mol. The first-order valence-electron chi connectivity index (χ1n) is 10.1. The van der Waals surface area contributed by atoms with Gasteiger partial charge >= 0.3 is 0 Å². The molecular weight excluding hydrogens is 356 g/mol. The van der Waals surface area contributed by atoms with Gasteiger partial charge in [-0.1, -0.05) is 37.1 Å². The molecule has 3 saturated carbocycles. The van der Waals surface area contributed by atoms with Gasteiger partial charge in [-0.2, -0.15) is 0 Å². The van der Waals surface area contributed by atoms with Gasteiger partial charge in [0.15, 0.2) is 0 Å². The minimum absolute atomic E-state index is 0.0112. The fraction of sp³-hybridized carbons (Fsp3) is 0.545. The summed E-state index contributed by atoms with van der Waals surface area (Å²) in [7, 11) is 0. The van der Waals surface area contributed by atoms with Crippen molar-refractivity contribution in [2.45, 2.75) is 57.1 Å². The Morgan fingerprint density at radius 3 is 3.00 bits per heavy atom. The third-order valence-corrected chi connectivity index (χ3v) is 7.91. The van der Waals surface area contributed by atoms with Crippen LogP contribution >= 0.6 is 11.3 Å². The van der Waals surface area contributed by atoms with Crippen LogP contribution in [-0.2, 0) is 6.61 Å². The second-order valence-electron chi connectivity index (χ2n) is 8.75. The van der Waals surface area contributed by atoms with E-state index in [0.717, 1.165) is 53.2 Å². The first-order chi connectivity index (χ1) is 13.2. The molecule has 3 bridgehead atoms. The molecule has 1 amide bonds. The van der Waals surface area contributed by atoms with E-state index in [1.807, 2.05) is 29.6 Å². The molecule has 0 saturated heterocycles. The number of carbonyl (C=O) groups is 1. The van der Waals surface area contributed by atoms with Gasteiger partial charge in [0.25, 0.3) is 5.91 Å². The van der Waals surface area contributed by atoms with Crippen molar-refractivity contribution in [3.05, 3.63) is 40.9 Å². The van der Waals surface area contributed by atoms with Crippen molar-refractivity contribution < 1.29 is 9.90 Å². The zero-order valence-electron chi connectivity index (χ0n) is 15.5. The Hall–Kier alpha value is -1.72. The number of hydrogen-bond donors (Lipinski definition) is 2. The van der Waals surface area contributed by atoms with Crippen molar-refractivity contribution in [1.29, 1.82) is 0 Å². The molecule has 3 aliphatic rings. The maximum atomic E-state index is 13.0. The van der Waals surface area contributed by atoms with Crippen LogP contribution in [0.4, 0.5) is 0 Å². The first-order valence-corrected chi connectivity index (χ1v) is 11.0. The molecule has 1 aromatic heterocycles. The smallest absolute Gasteiger partial charge is 0.271 e. The van der Waals surface area contributed by atoms with Crippen molar-refractivity contribution in [1.82, 2.24) is 10.3 Å². The molecule has 0 spiro atoms. The summed E-state index contributed by atoms with van der Waals surface area (Å²) in [5.74, 6) is 2.49. The molecule has 1 heterocycles. The van der Waals surface area contributed by atoms with Crippen LogP contribution in [0.25, 0.3) is 10.6 Å². The van der Waals surface area contributed by atoms with Gasteiger partial charge in [-0.25, -0.2) is 4.98 Å². The predicted octanol–water partition coefficient (Wildman–Crippen LogP) is 4.39. The number of fused-ring (bicyclic) bond motifs is 2. The Balaban J connectivity index is 1.37. The van der Waals surface area contributed by atoms with E-state index >= 15 is 0 Å². The molecule has 4 unspecified atom stereocenters. The van der Waals surface area contributed by atoms with Gasteiger partial charge in [-0.15, -0.1) is 11.3 Å². The van der Waals surface area contributed by atoms with Crippen LogP contribution in [0.2, 0.25) is 0 Å². The van der Waals surface area contributed by atoms with Crippen LogP contribution in [0.3, 0.4) is 0 Å². The molecule has 142 valence electrons. The summed E-state index contributed by atoms with van der Waals surface area (Å²) in [5.41, 5.74) is 2.25. The highest BCUT2D eigenvalue weighted by Gasteiger charge is 2.50. The Morgan fingerprint density at radius 2 is 2.11 bits per heavy atom. The van der Waals surface area contributed by atoms with E-state index in [2.05, 4.69) is 10.3 Å². The quantitative estimate of drug-likeness (QED) is 0.824. The highest BCUT2D eigenvalue weighted by atomic mass is 32.1. The van der Waals surface area contributed by atoms with Gasteiger partial charge in [0.05, 0.1) is 6.61 Å². The first kappa shape index (κ1) is 17.4. The lowest BCUT2D eigenvalue weighted by molar-refractivity contribution is 0.0820. The summed E-state index contributed by atoms with van der Waals surface area (Å²) in [4.78, 5) is 17.6. The number of nitrogens with one attached hydrogen (secondary N) is 1. The molecule has 3 aliphatic carbocycles. The molecule has 3 fully saturated rings. The summed E-state index contributed by atoms with van der Waals surface area (Å²) >= 11 is 1.47. The molecular formula is C22H26N2O2S. The lowest BCUT2D eigenvalue weighted by Gasteiger charge is -2.40. The molecule has 0 aliphatic heterocycles. The topological polar surface area (TPSA) is 62.2 Å². The Kier molecular flexibility index (Phi) is 4.32. The molecule has 5 heteroatoms. The van der Waals surface area contributed by atoms with E-state index in [0.29, 0.717) is 5.69 Å². The summed E-state index contributed by atoms with van der Waals surface area (Å²) in [6.45, 7) is -0.0235. The third-order valence-electron chi connectivity index (χ3n) is 7.04. The summed E-state index contributed by atoms with van der Waals surface area (Å²) in [6, 6.07) is 7.70. The average Bonchev–Trinajstić information content (AvgIpc) is 3.23. The zero-order valence-corrected chi connectivity index (χ0v) is 16.3. The van der Waals surface area contributed by atoms with E-state index in [-0.39, 0.29) is 18.1 Å². The normalized spacial score (nSPS) is 31.7. The highest BCUT2D eigenvalue weighted by molar-refractivity contribution is 7.13. The van der Waals surface area contributed by atoms with Gasteiger partial charge in [0.2, 0.25) is 0 Å². The number of aliphatic hydroxyl groups excluding tert-OH is 1. The second-order valence-corrected chi connectivity index (χ2v) is 9.60. The number of aliphatic hydroxyl groups is 1. The maximum Gasteiger partial charge on any atom is 0.271 e. The molecule has 2 N–H and O–H groups in total. The number of thiazole rings is 1. The number of rotatable bonds is 4. The van der Waals surface area contributed by atoms with Crippen LogP contribution in [0.5, 0.6) is 0 Å². The number of nitrogens with zero attached hydrogens (tertiary/aromatic N) is 1. The molecule has 4 nitrogen and oxygen atoms in total. The number of benzene rings is 1. The SMILES string of the molecule is O=C(NC12CCCC3CC(CC3C1)C2)c1csc(-c2ccccc2CO)n1. The van der Waals surface area contributed by atoms with E-state index in [4.69, 9.17) is 0 Å². The van der Waals surface area contributed by atoms with Crippen LogP contribution in [0.15, 0.2) is 29.6 Å². The lowest BCUT2D eigenvalue weighted by Crippen LogP contribution is -2.51. The summed E-state index contributed by atoms with van der Waals surface area (Å²) < 4.78 is 0. The number of hydrogen-bond acceptors (Lipinski definition) is 4. The molecule has 0 radical (unpaired) electrons. The number of carbonyl (C=O) groups excluding carboxylic acids is 1. The van der Waals surface area contributed by atoms with Crippen LogP contribution in [0.1, 0.15) is 61.0 Å². The molecule has 27 heavy (non-hydrogen) atoms. The fourth-order valence-corrected chi connectivity index (χ4v) is 6.85. The van der Waals surface area contributed by atoms with Gasteiger partial charge in [0.1, 0.15) is 10.7 Å². The Morgan fingerprint density at radius 1 is 1.26 bits per heavy atom. The van der Waals surface area contributed by atoms with Crippen molar-refractivity contribution >= 4 is 17.2 Å². The predicted molar refractivity (Wildman–Crippen MR) is 106 cm³/mol. The van der Waals surface area contributed by atoms with Crippen molar-refractivity contribution in [3.63, 3.8) is 0 Å². The molecule has 4 atom stereocenters. The summed E-state index contributed by atoms with van der Waals surface area (Å²) in [6.07, 6.45) is 8.76. The minimum atomic E-state index is -0.0290. The maximum absolute atomic E-state index is 13.0. The second kappa shape index (κ2) is 6.71. The van der Waals surface area contributed by atoms with E-state index in [1.54, 1.807) is 0 Å². The lowest BCUT2D eigenvalue weighted by atomic mass is 9.73. The van der Waals surface area contributed by atoms with E-state index < -0.39 is 0 Å². The highest BCUT2D eigenvalue weighted by Crippen LogP contribution is 2.55. The molecule has 1 aromatic carbocycles. The Labute approximate surface area is 164 Å². The monoisotopic (exact) mass is 382 g/mol. The van der Waals surface area contributed by atoms with Crippen molar-refractivity contribution in [3.8, 4) is 10.6 Å². The van der Waals surface area contributed by atoms with E-state index in [9.17, 15) is 9.90 Å². The number of amides is 1. The number of aromatic nitrogens is 1. The van der Waals surface area contributed by atoms with Crippen LogP contribution in [0, 0.1) is 17.8 Å². The fourth-order valence-electron chi connectivity index (χ4n) is 5.99. The van der Waals surface area contributed by atoms with Gasteiger partial charge < -0.3 is 10.4 Å². The largest absolute Gasteiger partial charge is 0.392 e. The standard InChI is InChI=1S/C22H26N2O2S/c25-12-16-4-1-2-6-18(16)21-23-19(13-27-21)20(26)24-22-7-3-5-15-8-14(10-22)9-17(15)11-22/h1-2,4,6,13-15,17,25H,3,5,7-12H2,(H,24,26). The Bertz CT molecular complexity index is 864. The van der Waals surface area contributed by atoms with Crippen LogP contribution < -0.4 is 5.32 Å². The third kappa shape index (κ3) is 3.11. The minimum Gasteiger partial charge on any atom is -0.392 e. The van der Waals surface area contributed by atoms with Crippen LogP contribution in [-0.4, -0.2) is 21.5 Å². The zero-order chi connectivity index (χ0) is 18.4. The van der Waals surface area contributed by atoms with Gasteiger partial charge in [-0.3, -0.25) is 4.79 Å². The molecule has 2 aromatic rings. The van der Waals surface area contributed by atoms with Crippen molar-refractivity contribution in [2.24, 2.45) is 17.8 Å². The van der Waals surface area contributed by atoms with Gasteiger partial charge in [0, 0.05) is 16.5 Å². The molecule has 5 rings (SSSR count).